The molecule has 2 heteroatoms. The first-order chi connectivity index (χ1) is 5.63. The van der Waals surface area contributed by atoms with Gasteiger partial charge in [0.05, 0.1) is 0 Å². The number of nitrogens with zero attached hydrogens (tertiary/aromatic N) is 1. The lowest BCUT2D eigenvalue weighted by molar-refractivity contribution is 0.312. The second kappa shape index (κ2) is 3.59. The van der Waals surface area contributed by atoms with Crippen molar-refractivity contribution in [3.05, 3.63) is 29.8 Å². The van der Waals surface area contributed by atoms with E-state index in [1.807, 2.05) is 32.3 Å². The molecule has 2 nitrogen and oxygen atoms in total. The lowest BCUT2D eigenvalue weighted by atomic mass is 10.1. The van der Waals surface area contributed by atoms with Crippen LogP contribution in [0.1, 0.15) is 18.5 Å². The summed E-state index contributed by atoms with van der Waals surface area (Å²) in [6.07, 6.45) is 0. The van der Waals surface area contributed by atoms with Crippen LogP contribution < -0.4 is 0 Å². The molecule has 0 aliphatic carbocycles. The van der Waals surface area contributed by atoms with E-state index in [2.05, 4.69) is 11.8 Å². The zero-order chi connectivity index (χ0) is 9.14. The lowest BCUT2D eigenvalue weighted by Crippen LogP contribution is -2.16. The van der Waals surface area contributed by atoms with Crippen LogP contribution in [0.5, 0.6) is 5.75 Å². The first-order valence-electron chi connectivity index (χ1n) is 4.07. The molecule has 0 spiro atoms. The molecule has 0 saturated carbocycles. The Morgan fingerprint density at radius 2 is 1.83 bits per heavy atom. The molecule has 0 unspecified atom stereocenters. The third-order valence-electron chi connectivity index (χ3n) is 2.16. The maximum atomic E-state index is 9.50. The Kier molecular flexibility index (Phi) is 2.71. The minimum Gasteiger partial charge on any atom is -0.508 e. The summed E-state index contributed by atoms with van der Waals surface area (Å²) < 4.78 is 0. The normalized spacial score (nSPS) is 13.3. The summed E-state index contributed by atoms with van der Waals surface area (Å²) in [7, 11) is 3.99. The van der Waals surface area contributed by atoms with Gasteiger partial charge in [-0.3, -0.25) is 0 Å². The number of phenolic OH excluding ortho intramolecular Hbond substituents is 1. The Labute approximate surface area is 73.4 Å². The highest BCUT2D eigenvalue weighted by Gasteiger charge is 2.10. The van der Waals surface area contributed by atoms with Crippen LogP contribution in [0, 0.1) is 0 Å². The second-order valence-electron chi connectivity index (χ2n) is 3.20. The second-order valence-corrected chi connectivity index (χ2v) is 3.20. The summed E-state index contributed by atoms with van der Waals surface area (Å²) in [5.74, 6) is 0.374. The number of aromatic hydroxyl groups is 1. The Hall–Kier alpha value is -1.02. The minimum absolute atomic E-state index is 0.256. The molecule has 1 atom stereocenters. The standard InChI is InChI=1S/C10H15NO/c1-8(11(2)3)9-6-4-5-7-10(9)12/h4-8,12H,1-3H3/t8-/m1/s1. The first-order valence-corrected chi connectivity index (χ1v) is 4.07. The van der Waals surface area contributed by atoms with Crippen molar-refractivity contribution in [1.29, 1.82) is 0 Å². The monoisotopic (exact) mass is 165 g/mol. The van der Waals surface area contributed by atoms with Crippen LogP contribution in [-0.2, 0) is 0 Å². The molecular formula is C10H15NO. The molecule has 0 radical (unpaired) electrons. The number of para-hydroxylation sites is 1. The van der Waals surface area contributed by atoms with Crippen molar-refractivity contribution < 1.29 is 5.11 Å². The van der Waals surface area contributed by atoms with E-state index < -0.39 is 0 Å². The predicted molar refractivity (Wildman–Crippen MR) is 50.2 cm³/mol. The number of hydrogen-bond acceptors (Lipinski definition) is 2. The molecule has 12 heavy (non-hydrogen) atoms. The van der Waals surface area contributed by atoms with Gasteiger partial charge in [0.25, 0.3) is 0 Å². The van der Waals surface area contributed by atoms with Gasteiger partial charge in [0, 0.05) is 11.6 Å². The molecule has 66 valence electrons. The van der Waals surface area contributed by atoms with Gasteiger partial charge < -0.3 is 10.0 Å². The quantitative estimate of drug-likeness (QED) is 0.724. The molecular weight excluding hydrogens is 150 g/mol. The SMILES string of the molecule is C[C@H](c1ccccc1O)N(C)C. The molecule has 0 heterocycles. The largest absolute Gasteiger partial charge is 0.508 e. The van der Waals surface area contributed by atoms with Gasteiger partial charge in [-0.05, 0) is 27.1 Å². The highest BCUT2D eigenvalue weighted by molar-refractivity contribution is 5.33. The smallest absolute Gasteiger partial charge is 0.120 e. The molecule has 0 aliphatic heterocycles. The van der Waals surface area contributed by atoms with Crippen molar-refractivity contribution in [1.82, 2.24) is 4.90 Å². The number of benzene rings is 1. The molecule has 0 fully saturated rings. The maximum Gasteiger partial charge on any atom is 0.120 e. The Morgan fingerprint density at radius 1 is 1.25 bits per heavy atom. The topological polar surface area (TPSA) is 23.5 Å². The molecule has 0 aromatic heterocycles. The number of phenols is 1. The van der Waals surface area contributed by atoms with E-state index in [0.29, 0.717) is 5.75 Å². The fraction of sp³-hybridized carbons (Fsp3) is 0.400. The van der Waals surface area contributed by atoms with E-state index in [9.17, 15) is 5.11 Å². The highest BCUT2D eigenvalue weighted by Crippen LogP contribution is 2.25. The van der Waals surface area contributed by atoms with Crippen LogP contribution in [0.3, 0.4) is 0 Å². The summed E-state index contributed by atoms with van der Waals surface area (Å²) in [5.41, 5.74) is 0.975. The van der Waals surface area contributed by atoms with E-state index in [0.717, 1.165) is 5.56 Å². The fourth-order valence-electron chi connectivity index (χ4n) is 1.12. The van der Waals surface area contributed by atoms with Gasteiger partial charge in [-0.2, -0.15) is 0 Å². The average molecular weight is 165 g/mol. The van der Waals surface area contributed by atoms with Gasteiger partial charge in [0.2, 0.25) is 0 Å². The van der Waals surface area contributed by atoms with Gasteiger partial charge in [-0.25, -0.2) is 0 Å². The summed E-state index contributed by atoms with van der Waals surface area (Å²) >= 11 is 0. The molecule has 0 aliphatic rings. The van der Waals surface area contributed by atoms with Gasteiger partial charge >= 0.3 is 0 Å². The molecule has 0 amide bonds. The van der Waals surface area contributed by atoms with Crippen LogP contribution >= 0.6 is 0 Å². The summed E-state index contributed by atoms with van der Waals surface area (Å²) in [6, 6.07) is 7.69. The molecule has 1 aromatic rings. The number of hydrogen-bond donors (Lipinski definition) is 1. The summed E-state index contributed by atoms with van der Waals surface area (Å²) in [5, 5.41) is 9.50. The van der Waals surface area contributed by atoms with Crippen LogP contribution in [0.15, 0.2) is 24.3 Å². The van der Waals surface area contributed by atoms with Gasteiger partial charge in [0.1, 0.15) is 5.75 Å². The van der Waals surface area contributed by atoms with Crippen LogP contribution in [-0.4, -0.2) is 24.1 Å². The highest BCUT2D eigenvalue weighted by atomic mass is 16.3. The molecule has 0 bridgehead atoms. The predicted octanol–water partition coefficient (Wildman–Crippen LogP) is 2.01. The van der Waals surface area contributed by atoms with E-state index in [1.54, 1.807) is 6.07 Å². The number of rotatable bonds is 2. The van der Waals surface area contributed by atoms with Gasteiger partial charge in [-0.1, -0.05) is 18.2 Å². The van der Waals surface area contributed by atoms with Crippen molar-refractivity contribution in [2.45, 2.75) is 13.0 Å². The van der Waals surface area contributed by atoms with Crippen molar-refractivity contribution in [3.8, 4) is 5.75 Å². The lowest BCUT2D eigenvalue weighted by Gasteiger charge is -2.20. The van der Waals surface area contributed by atoms with Gasteiger partial charge in [-0.15, -0.1) is 0 Å². The van der Waals surface area contributed by atoms with Crippen molar-refractivity contribution in [3.63, 3.8) is 0 Å². The zero-order valence-corrected chi connectivity index (χ0v) is 7.78. The maximum absolute atomic E-state index is 9.50. The fourth-order valence-corrected chi connectivity index (χ4v) is 1.12. The summed E-state index contributed by atoms with van der Waals surface area (Å²) in [4.78, 5) is 2.06. The van der Waals surface area contributed by atoms with Crippen molar-refractivity contribution >= 4 is 0 Å². The molecule has 0 saturated heterocycles. The first kappa shape index (κ1) is 9.07. The molecule has 1 N–H and O–H groups in total. The average Bonchev–Trinajstić information content (AvgIpc) is 2.04. The van der Waals surface area contributed by atoms with Crippen molar-refractivity contribution in [2.75, 3.05) is 14.1 Å². The zero-order valence-electron chi connectivity index (χ0n) is 7.78. The van der Waals surface area contributed by atoms with Crippen LogP contribution in [0.25, 0.3) is 0 Å². The van der Waals surface area contributed by atoms with Gasteiger partial charge in [0.15, 0.2) is 0 Å². The van der Waals surface area contributed by atoms with Crippen LogP contribution in [0.4, 0.5) is 0 Å². The molecule has 1 aromatic carbocycles. The van der Waals surface area contributed by atoms with E-state index in [4.69, 9.17) is 0 Å². The third-order valence-corrected chi connectivity index (χ3v) is 2.16. The third kappa shape index (κ3) is 1.77. The van der Waals surface area contributed by atoms with E-state index in [1.165, 1.54) is 0 Å². The van der Waals surface area contributed by atoms with Crippen molar-refractivity contribution in [2.24, 2.45) is 0 Å². The van der Waals surface area contributed by atoms with E-state index >= 15 is 0 Å². The molecule has 1 rings (SSSR count). The Balaban J connectivity index is 2.94. The summed E-state index contributed by atoms with van der Waals surface area (Å²) in [6.45, 7) is 2.06. The Bertz CT molecular complexity index is 258. The van der Waals surface area contributed by atoms with E-state index in [-0.39, 0.29) is 6.04 Å². The minimum atomic E-state index is 0.256. The van der Waals surface area contributed by atoms with Crippen LogP contribution in [0.2, 0.25) is 0 Å². The Morgan fingerprint density at radius 3 is 2.33 bits per heavy atom.